The molecule has 1 heterocycles. The standard InChI is InChI=1S/C18H15FN2O4S/c1-25-18(22)13-5-4-6-15(11-13)26(23,24)20-17-12-14(7-8-16(17)19)21-9-2-3-10-21/h2-12,20H,1H3. The highest BCUT2D eigenvalue weighted by Gasteiger charge is 2.19. The fourth-order valence-corrected chi connectivity index (χ4v) is 3.47. The van der Waals surface area contributed by atoms with Gasteiger partial charge in [0.05, 0.1) is 23.3 Å². The number of sulfonamides is 1. The zero-order valence-corrected chi connectivity index (χ0v) is 14.5. The Kier molecular flexibility index (Phi) is 4.77. The fraction of sp³-hybridized carbons (Fsp3) is 0.0556. The fourth-order valence-electron chi connectivity index (χ4n) is 2.37. The van der Waals surface area contributed by atoms with Crippen LogP contribution in [0, 0.1) is 5.82 Å². The van der Waals surface area contributed by atoms with E-state index in [9.17, 15) is 17.6 Å². The van der Waals surface area contributed by atoms with Crippen LogP contribution in [0.3, 0.4) is 0 Å². The number of carbonyl (C=O) groups excluding carboxylic acids is 1. The second-order valence-electron chi connectivity index (χ2n) is 5.38. The number of esters is 1. The summed E-state index contributed by atoms with van der Waals surface area (Å²) >= 11 is 0. The number of hydrogen-bond donors (Lipinski definition) is 1. The van der Waals surface area contributed by atoms with Crippen LogP contribution in [0.1, 0.15) is 10.4 Å². The molecule has 0 aliphatic heterocycles. The van der Waals surface area contributed by atoms with Gasteiger partial charge in [-0.1, -0.05) is 6.07 Å². The minimum atomic E-state index is -4.09. The maximum atomic E-state index is 14.1. The van der Waals surface area contributed by atoms with Gasteiger partial charge in [0.15, 0.2) is 0 Å². The van der Waals surface area contributed by atoms with E-state index < -0.39 is 21.8 Å². The van der Waals surface area contributed by atoms with Gasteiger partial charge in [0.25, 0.3) is 10.0 Å². The minimum Gasteiger partial charge on any atom is -0.465 e. The SMILES string of the molecule is COC(=O)c1cccc(S(=O)(=O)Nc2cc(-n3cccc3)ccc2F)c1. The number of methoxy groups -OCH3 is 1. The quantitative estimate of drug-likeness (QED) is 0.696. The van der Waals surface area contributed by atoms with Crippen molar-refractivity contribution < 1.29 is 22.3 Å². The summed E-state index contributed by atoms with van der Waals surface area (Å²) in [6, 6.07) is 13.0. The number of ether oxygens (including phenoxy) is 1. The van der Waals surface area contributed by atoms with E-state index in [1.165, 1.54) is 49.6 Å². The van der Waals surface area contributed by atoms with Gasteiger partial charge in [-0.2, -0.15) is 0 Å². The van der Waals surface area contributed by atoms with Gasteiger partial charge in [0.2, 0.25) is 0 Å². The van der Waals surface area contributed by atoms with Crippen LogP contribution in [0.4, 0.5) is 10.1 Å². The second kappa shape index (κ2) is 7.01. The molecule has 0 saturated carbocycles. The Bertz CT molecular complexity index is 1050. The minimum absolute atomic E-state index is 0.0805. The second-order valence-corrected chi connectivity index (χ2v) is 7.06. The van der Waals surface area contributed by atoms with Gasteiger partial charge < -0.3 is 9.30 Å². The number of halogens is 1. The molecule has 26 heavy (non-hydrogen) atoms. The molecule has 0 unspecified atom stereocenters. The highest BCUT2D eigenvalue weighted by molar-refractivity contribution is 7.92. The molecule has 0 aliphatic rings. The van der Waals surface area contributed by atoms with E-state index >= 15 is 0 Å². The summed E-state index contributed by atoms with van der Waals surface area (Å²) in [7, 11) is -2.89. The van der Waals surface area contributed by atoms with Crippen molar-refractivity contribution in [3.8, 4) is 5.69 Å². The molecule has 0 bridgehead atoms. The van der Waals surface area contributed by atoms with Crippen LogP contribution in [0.2, 0.25) is 0 Å². The monoisotopic (exact) mass is 374 g/mol. The van der Waals surface area contributed by atoms with Gasteiger partial charge in [-0.05, 0) is 48.5 Å². The lowest BCUT2D eigenvalue weighted by atomic mass is 10.2. The lowest BCUT2D eigenvalue weighted by Crippen LogP contribution is -2.15. The summed E-state index contributed by atoms with van der Waals surface area (Å²) in [4.78, 5) is 11.4. The van der Waals surface area contributed by atoms with Gasteiger partial charge >= 0.3 is 5.97 Å². The highest BCUT2D eigenvalue weighted by Crippen LogP contribution is 2.23. The van der Waals surface area contributed by atoms with E-state index in [1.54, 1.807) is 29.1 Å². The van der Waals surface area contributed by atoms with Crippen molar-refractivity contribution in [1.82, 2.24) is 4.57 Å². The number of anilines is 1. The number of hydrogen-bond acceptors (Lipinski definition) is 4. The number of rotatable bonds is 5. The van der Waals surface area contributed by atoms with E-state index in [0.29, 0.717) is 5.69 Å². The average molecular weight is 374 g/mol. The Morgan fingerprint density at radius 3 is 2.50 bits per heavy atom. The van der Waals surface area contributed by atoms with Crippen LogP contribution in [0.25, 0.3) is 5.69 Å². The smallest absolute Gasteiger partial charge is 0.337 e. The normalized spacial score (nSPS) is 11.2. The molecule has 1 aromatic heterocycles. The van der Waals surface area contributed by atoms with Crippen LogP contribution >= 0.6 is 0 Å². The molecule has 0 amide bonds. The van der Waals surface area contributed by atoms with E-state index in [4.69, 9.17) is 0 Å². The highest BCUT2D eigenvalue weighted by atomic mass is 32.2. The predicted molar refractivity (Wildman–Crippen MR) is 94.3 cm³/mol. The molecule has 0 saturated heterocycles. The van der Waals surface area contributed by atoms with Gasteiger partial charge in [-0.25, -0.2) is 17.6 Å². The predicted octanol–water partition coefficient (Wildman–Crippen LogP) is 3.20. The molecular weight excluding hydrogens is 359 g/mol. The molecule has 0 atom stereocenters. The molecule has 0 spiro atoms. The van der Waals surface area contributed by atoms with Crippen molar-refractivity contribution in [1.29, 1.82) is 0 Å². The van der Waals surface area contributed by atoms with Crippen LogP contribution < -0.4 is 4.72 Å². The summed E-state index contributed by atoms with van der Waals surface area (Å²) in [6.07, 6.45) is 3.51. The number of aromatic nitrogens is 1. The van der Waals surface area contributed by atoms with Crippen LogP contribution in [0.5, 0.6) is 0 Å². The van der Waals surface area contributed by atoms with Crippen molar-refractivity contribution in [2.75, 3.05) is 11.8 Å². The van der Waals surface area contributed by atoms with Crippen molar-refractivity contribution in [2.24, 2.45) is 0 Å². The first-order valence-corrected chi connectivity index (χ1v) is 9.03. The molecule has 3 aromatic rings. The molecular formula is C18H15FN2O4S. The summed E-state index contributed by atoms with van der Waals surface area (Å²) in [5, 5.41) is 0. The third-order valence-electron chi connectivity index (χ3n) is 3.66. The first kappa shape index (κ1) is 17.7. The van der Waals surface area contributed by atoms with Crippen LogP contribution in [-0.4, -0.2) is 26.1 Å². The lowest BCUT2D eigenvalue weighted by molar-refractivity contribution is 0.0600. The maximum Gasteiger partial charge on any atom is 0.337 e. The number of carbonyl (C=O) groups is 1. The molecule has 0 fully saturated rings. The van der Waals surface area contributed by atoms with Crippen molar-refractivity contribution in [2.45, 2.75) is 4.90 Å². The van der Waals surface area contributed by atoms with E-state index in [-0.39, 0.29) is 16.1 Å². The molecule has 6 nitrogen and oxygen atoms in total. The molecule has 134 valence electrons. The Morgan fingerprint density at radius 2 is 1.81 bits per heavy atom. The molecule has 0 radical (unpaired) electrons. The van der Waals surface area contributed by atoms with E-state index in [1.807, 2.05) is 0 Å². The Morgan fingerprint density at radius 1 is 1.08 bits per heavy atom. The molecule has 0 aliphatic carbocycles. The maximum absolute atomic E-state index is 14.1. The molecule has 8 heteroatoms. The van der Waals surface area contributed by atoms with Gasteiger partial charge in [0, 0.05) is 18.1 Å². The van der Waals surface area contributed by atoms with E-state index in [2.05, 4.69) is 9.46 Å². The Hall–Kier alpha value is -3.13. The zero-order valence-electron chi connectivity index (χ0n) is 13.7. The zero-order chi connectivity index (χ0) is 18.7. The Labute approximate surface area is 149 Å². The summed E-state index contributed by atoms with van der Waals surface area (Å²) in [6.45, 7) is 0. The molecule has 1 N–H and O–H groups in total. The number of nitrogens with one attached hydrogen (secondary N) is 1. The first-order chi connectivity index (χ1) is 12.4. The van der Waals surface area contributed by atoms with Gasteiger partial charge in [-0.15, -0.1) is 0 Å². The topological polar surface area (TPSA) is 77.4 Å². The van der Waals surface area contributed by atoms with Crippen LogP contribution in [-0.2, 0) is 14.8 Å². The first-order valence-electron chi connectivity index (χ1n) is 7.55. The molecule has 2 aromatic carbocycles. The van der Waals surface area contributed by atoms with Gasteiger partial charge in [-0.3, -0.25) is 4.72 Å². The molecule has 3 rings (SSSR count). The van der Waals surface area contributed by atoms with Crippen molar-refractivity contribution in [3.63, 3.8) is 0 Å². The lowest BCUT2D eigenvalue weighted by Gasteiger charge is -2.12. The van der Waals surface area contributed by atoms with E-state index in [0.717, 1.165) is 0 Å². The average Bonchev–Trinajstić information content (AvgIpc) is 3.17. The third kappa shape index (κ3) is 3.60. The summed E-state index contributed by atoms with van der Waals surface area (Å²) in [5.41, 5.74) is 0.481. The number of benzene rings is 2. The van der Waals surface area contributed by atoms with Gasteiger partial charge in [0.1, 0.15) is 5.82 Å². The van der Waals surface area contributed by atoms with Crippen molar-refractivity contribution in [3.05, 3.63) is 78.4 Å². The third-order valence-corrected chi connectivity index (χ3v) is 5.03. The van der Waals surface area contributed by atoms with Crippen molar-refractivity contribution >= 4 is 21.7 Å². The summed E-state index contributed by atoms with van der Waals surface area (Å²) in [5.74, 6) is -1.38. The Balaban J connectivity index is 1.95. The number of nitrogens with zero attached hydrogens (tertiary/aromatic N) is 1. The largest absolute Gasteiger partial charge is 0.465 e. The van der Waals surface area contributed by atoms with Crippen LogP contribution in [0.15, 0.2) is 71.9 Å². The summed E-state index contributed by atoms with van der Waals surface area (Å²) < 4.78 is 47.8.